The van der Waals surface area contributed by atoms with Crippen LogP contribution in [0.5, 0.6) is 0 Å². The molecule has 1 aliphatic heterocycles. The topological polar surface area (TPSA) is 46.3 Å². The van der Waals surface area contributed by atoms with Crippen LogP contribution < -0.4 is 5.73 Å². The molecule has 2 rings (SSSR count). The summed E-state index contributed by atoms with van der Waals surface area (Å²) in [5.74, 6) is 0.543. The lowest BCUT2D eigenvalue weighted by Gasteiger charge is -2.16. The van der Waals surface area contributed by atoms with Crippen molar-refractivity contribution in [2.24, 2.45) is 11.7 Å². The van der Waals surface area contributed by atoms with Crippen molar-refractivity contribution in [2.45, 2.75) is 12.8 Å². The highest BCUT2D eigenvalue weighted by atomic mass is 35.5. The van der Waals surface area contributed by atoms with Crippen LogP contribution in [0.3, 0.4) is 0 Å². The number of nitrogens with zero attached hydrogens (tertiary/aromatic N) is 1. The van der Waals surface area contributed by atoms with Gasteiger partial charge >= 0.3 is 0 Å². The molecular formula is C13H17ClN2O. The first-order valence-electron chi connectivity index (χ1n) is 5.92. The number of amides is 1. The van der Waals surface area contributed by atoms with Crippen molar-refractivity contribution in [1.29, 1.82) is 0 Å². The predicted octanol–water partition coefficient (Wildman–Crippen LogP) is 1.69. The molecule has 92 valence electrons. The van der Waals surface area contributed by atoms with Crippen molar-refractivity contribution in [3.63, 3.8) is 0 Å². The van der Waals surface area contributed by atoms with Gasteiger partial charge in [0.15, 0.2) is 0 Å². The Morgan fingerprint density at radius 2 is 2.18 bits per heavy atom. The second-order valence-corrected chi connectivity index (χ2v) is 4.89. The number of carbonyl (C=O) groups is 1. The lowest BCUT2D eigenvalue weighted by atomic mass is 10.1. The first kappa shape index (κ1) is 12.4. The Balaban J connectivity index is 1.91. The Kier molecular flexibility index (Phi) is 4.02. The molecule has 0 spiro atoms. The Morgan fingerprint density at radius 3 is 2.82 bits per heavy atom. The maximum absolute atomic E-state index is 11.7. The summed E-state index contributed by atoms with van der Waals surface area (Å²) in [5.41, 5.74) is 6.69. The molecule has 1 aromatic carbocycles. The van der Waals surface area contributed by atoms with E-state index in [9.17, 15) is 4.79 Å². The van der Waals surface area contributed by atoms with E-state index in [1.165, 1.54) is 0 Å². The molecule has 1 aromatic rings. The zero-order chi connectivity index (χ0) is 12.3. The number of likely N-dealkylation sites (tertiary alicyclic amines) is 1. The van der Waals surface area contributed by atoms with Crippen LogP contribution in [0.15, 0.2) is 24.3 Å². The van der Waals surface area contributed by atoms with Gasteiger partial charge in [0.2, 0.25) is 5.91 Å². The van der Waals surface area contributed by atoms with Gasteiger partial charge in [-0.3, -0.25) is 4.79 Å². The standard InChI is InChI=1S/C13H17ClN2O/c14-12-4-2-1-3-11(12)5-6-16-9-10(8-15)7-13(16)17/h1-4,10H,5-9,15H2. The van der Waals surface area contributed by atoms with Crippen molar-refractivity contribution < 1.29 is 4.79 Å². The van der Waals surface area contributed by atoms with Gasteiger partial charge in [-0.25, -0.2) is 0 Å². The number of halogens is 1. The third-order valence-electron chi connectivity index (χ3n) is 3.24. The van der Waals surface area contributed by atoms with Crippen LogP contribution in [0, 0.1) is 5.92 Å². The third kappa shape index (κ3) is 2.99. The lowest BCUT2D eigenvalue weighted by molar-refractivity contribution is -0.127. The maximum atomic E-state index is 11.7. The summed E-state index contributed by atoms with van der Waals surface area (Å²) < 4.78 is 0. The van der Waals surface area contributed by atoms with Crippen molar-refractivity contribution in [3.8, 4) is 0 Å². The van der Waals surface area contributed by atoms with E-state index >= 15 is 0 Å². The van der Waals surface area contributed by atoms with E-state index in [4.69, 9.17) is 17.3 Å². The highest BCUT2D eigenvalue weighted by Crippen LogP contribution is 2.19. The van der Waals surface area contributed by atoms with E-state index in [2.05, 4.69) is 0 Å². The quantitative estimate of drug-likeness (QED) is 0.887. The monoisotopic (exact) mass is 252 g/mol. The van der Waals surface area contributed by atoms with Crippen molar-refractivity contribution >= 4 is 17.5 Å². The molecule has 0 aromatic heterocycles. The molecular weight excluding hydrogens is 236 g/mol. The van der Waals surface area contributed by atoms with E-state index in [-0.39, 0.29) is 5.91 Å². The van der Waals surface area contributed by atoms with Crippen LogP contribution in [0.25, 0.3) is 0 Å². The molecule has 1 aliphatic rings. The molecule has 1 atom stereocenters. The Morgan fingerprint density at radius 1 is 1.41 bits per heavy atom. The fourth-order valence-electron chi connectivity index (χ4n) is 2.18. The molecule has 1 saturated heterocycles. The van der Waals surface area contributed by atoms with Gasteiger partial charge in [0.25, 0.3) is 0 Å². The van der Waals surface area contributed by atoms with Gasteiger partial charge in [-0.1, -0.05) is 29.8 Å². The van der Waals surface area contributed by atoms with Gasteiger partial charge < -0.3 is 10.6 Å². The van der Waals surface area contributed by atoms with Crippen LogP contribution >= 0.6 is 11.6 Å². The molecule has 1 amide bonds. The summed E-state index contributed by atoms with van der Waals surface area (Å²) in [4.78, 5) is 13.6. The summed E-state index contributed by atoms with van der Waals surface area (Å²) >= 11 is 6.08. The zero-order valence-electron chi connectivity index (χ0n) is 9.73. The maximum Gasteiger partial charge on any atom is 0.222 e. The highest BCUT2D eigenvalue weighted by molar-refractivity contribution is 6.31. The summed E-state index contributed by atoms with van der Waals surface area (Å²) in [6.07, 6.45) is 1.40. The van der Waals surface area contributed by atoms with E-state index in [1.807, 2.05) is 29.2 Å². The first-order chi connectivity index (χ1) is 8.20. The minimum atomic E-state index is 0.215. The predicted molar refractivity (Wildman–Crippen MR) is 68.9 cm³/mol. The first-order valence-corrected chi connectivity index (χ1v) is 6.29. The molecule has 2 N–H and O–H groups in total. The second kappa shape index (κ2) is 5.52. The zero-order valence-corrected chi connectivity index (χ0v) is 10.5. The third-order valence-corrected chi connectivity index (χ3v) is 3.61. The number of rotatable bonds is 4. The molecule has 0 saturated carbocycles. The minimum Gasteiger partial charge on any atom is -0.342 e. The average molecular weight is 253 g/mol. The second-order valence-electron chi connectivity index (χ2n) is 4.49. The minimum absolute atomic E-state index is 0.215. The fourth-order valence-corrected chi connectivity index (χ4v) is 2.41. The van der Waals surface area contributed by atoms with Crippen LogP contribution in [-0.2, 0) is 11.2 Å². The number of carbonyl (C=O) groups excluding carboxylic acids is 1. The van der Waals surface area contributed by atoms with Gasteiger partial charge in [0, 0.05) is 24.5 Å². The molecule has 4 heteroatoms. The molecule has 1 fully saturated rings. The lowest BCUT2D eigenvalue weighted by Crippen LogP contribution is -2.28. The molecule has 0 bridgehead atoms. The largest absolute Gasteiger partial charge is 0.342 e. The molecule has 17 heavy (non-hydrogen) atoms. The summed E-state index contributed by atoms with van der Waals surface area (Å²) in [5, 5.41) is 0.773. The molecule has 3 nitrogen and oxygen atoms in total. The smallest absolute Gasteiger partial charge is 0.222 e. The molecule has 0 radical (unpaired) electrons. The van der Waals surface area contributed by atoms with Crippen molar-refractivity contribution in [2.75, 3.05) is 19.6 Å². The van der Waals surface area contributed by atoms with E-state index in [1.54, 1.807) is 0 Å². The SMILES string of the molecule is NCC1CC(=O)N(CCc2ccccc2Cl)C1. The fraction of sp³-hybridized carbons (Fsp3) is 0.462. The number of hydrogen-bond acceptors (Lipinski definition) is 2. The summed E-state index contributed by atoms with van der Waals surface area (Å²) in [6, 6.07) is 7.77. The van der Waals surface area contributed by atoms with Crippen molar-refractivity contribution in [3.05, 3.63) is 34.9 Å². The number of nitrogens with two attached hydrogens (primary N) is 1. The van der Waals surface area contributed by atoms with E-state index in [0.717, 1.165) is 30.1 Å². The normalized spacial score (nSPS) is 20.0. The van der Waals surface area contributed by atoms with E-state index < -0.39 is 0 Å². The Hall–Kier alpha value is -1.06. The van der Waals surface area contributed by atoms with Gasteiger partial charge in [-0.05, 0) is 30.5 Å². The van der Waals surface area contributed by atoms with E-state index in [0.29, 0.717) is 18.9 Å². The van der Waals surface area contributed by atoms with Crippen LogP contribution in [-0.4, -0.2) is 30.4 Å². The molecule has 0 aliphatic carbocycles. The molecule has 1 heterocycles. The number of hydrogen-bond donors (Lipinski definition) is 1. The summed E-state index contributed by atoms with van der Waals surface area (Å²) in [7, 11) is 0. The van der Waals surface area contributed by atoms with Gasteiger partial charge in [-0.2, -0.15) is 0 Å². The Bertz CT molecular complexity index is 408. The highest BCUT2D eigenvalue weighted by Gasteiger charge is 2.27. The Labute approximate surface area is 107 Å². The van der Waals surface area contributed by atoms with Crippen LogP contribution in [0.1, 0.15) is 12.0 Å². The van der Waals surface area contributed by atoms with Crippen LogP contribution in [0.4, 0.5) is 0 Å². The van der Waals surface area contributed by atoms with Gasteiger partial charge in [-0.15, -0.1) is 0 Å². The van der Waals surface area contributed by atoms with Gasteiger partial charge in [0.05, 0.1) is 0 Å². The van der Waals surface area contributed by atoms with Crippen LogP contribution in [0.2, 0.25) is 5.02 Å². The average Bonchev–Trinajstić information content (AvgIpc) is 2.69. The van der Waals surface area contributed by atoms with Crippen molar-refractivity contribution in [1.82, 2.24) is 4.90 Å². The summed E-state index contributed by atoms with van der Waals surface area (Å²) in [6.45, 7) is 2.12. The molecule has 1 unspecified atom stereocenters. The van der Waals surface area contributed by atoms with Gasteiger partial charge in [0.1, 0.15) is 0 Å². The number of benzene rings is 1.